The quantitative estimate of drug-likeness (QED) is 0.748. The number of rotatable bonds is 3. The summed E-state index contributed by atoms with van der Waals surface area (Å²) in [4.78, 5) is 15.2. The van der Waals surface area contributed by atoms with Gasteiger partial charge in [0.15, 0.2) is 0 Å². The van der Waals surface area contributed by atoms with Crippen LogP contribution in [0.3, 0.4) is 0 Å². The molecule has 5 rings (SSSR count). The number of hydrogen-bond acceptors (Lipinski definition) is 5. The van der Waals surface area contributed by atoms with Gasteiger partial charge in [-0.15, -0.1) is 10.2 Å². The van der Waals surface area contributed by atoms with Gasteiger partial charge in [-0.25, -0.2) is 4.79 Å². The first kappa shape index (κ1) is 19.4. The Morgan fingerprint density at radius 3 is 2.87 bits per heavy atom. The molecular weight excluding hydrogens is 402 g/mol. The van der Waals surface area contributed by atoms with E-state index in [2.05, 4.69) is 28.5 Å². The Kier molecular flexibility index (Phi) is 4.51. The second-order valence-electron chi connectivity index (χ2n) is 9.02. The van der Waals surface area contributed by atoms with Crippen LogP contribution in [0, 0.1) is 30.1 Å². The van der Waals surface area contributed by atoms with Gasteiger partial charge in [0.1, 0.15) is 5.54 Å². The molecule has 30 heavy (non-hydrogen) atoms. The van der Waals surface area contributed by atoms with E-state index in [1.165, 1.54) is 0 Å². The van der Waals surface area contributed by atoms with E-state index in [0.717, 1.165) is 37.7 Å². The Morgan fingerprint density at radius 1 is 1.37 bits per heavy atom. The number of nitrogens with one attached hydrogen (secondary N) is 1. The van der Waals surface area contributed by atoms with Crippen molar-refractivity contribution in [2.24, 2.45) is 11.8 Å². The predicted molar refractivity (Wildman–Crippen MR) is 111 cm³/mol. The smallest absolute Gasteiger partial charge is 0.322 e. The minimum absolute atomic E-state index is 0.00582. The zero-order valence-corrected chi connectivity index (χ0v) is 17.8. The van der Waals surface area contributed by atoms with Crippen LogP contribution in [-0.2, 0) is 5.54 Å². The molecule has 2 saturated carbocycles. The lowest BCUT2D eigenvalue weighted by Gasteiger charge is -2.61. The summed E-state index contributed by atoms with van der Waals surface area (Å²) >= 11 is 6.40. The van der Waals surface area contributed by atoms with E-state index < -0.39 is 5.54 Å². The maximum absolute atomic E-state index is 13.3. The molecule has 1 saturated heterocycles. The van der Waals surface area contributed by atoms with Gasteiger partial charge in [-0.3, -0.25) is 0 Å². The molecule has 5 atom stereocenters. The number of urea groups is 1. The lowest BCUT2D eigenvalue weighted by atomic mass is 9.64. The van der Waals surface area contributed by atoms with Crippen molar-refractivity contribution in [3.8, 4) is 6.07 Å². The number of nitriles is 1. The van der Waals surface area contributed by atoms with Crippen LogP contribution in [0.1, 0.15) is 62.3 Å². The number of aromatic nitrogens is 2. The maximum Gasteiger partial charge on any atom is 0.322 e. The number of aryl methyl sites for hydroxylation is 1. The standard InChI is InChI=1S/C22H24ClN5O2/c1-12-7-16-10-22(9-12,20-27-26-13(2)30-20)28(16)21(29)25-15-4-6-19(23)18(8-15)17-5-3-14(17)11-24/h4,6,8,12,14,16-17H,3,5,7,9-10H2,1-2H3,(H,25,29)/t12-,14-,16?,17?,22?/m1/s1. The largest absolute Gasteiger partial charge is 0.423 e. The average Bonchev–Trinajstić information content (AvgIpc) is 3.10. The van der Waals surface area contributed by atoms with Crippen LogP contribution < -0.4 is 5.32 Å². The van der Waals surface area contributed by atoms with Crippen molar-refractivity contribution in [2.45, 2.75) is 63.5 Å². The molecule has 156 valence electrons. The Labute approximate surface area is 180 Å². The third-order valence-corrected chi connectivity index (χ3v) is 7.33. The zero-order chi connectivity index (χ0) is 21.0. The van der Waals surface area contributed by atoms with Crippen LogP contribution in [0.25, 0.3) is 0 Å². The molecule has 2 aliphatic carbocycles. The van der Waals surface area contributed by atoms with Crippen LogP contribution in [-0.4, -0.2) is 27.2 Å². The molecule has 3 unspecified atom stereocenters. The van der Waals surface area contributed by atoms with E-state index in [4.69, 9.17) is 16.0 Å². The van der Waals surface area contributed by atoms with E-state index in [1.54, 1.807) is 13.0 Å². The van der Waals surface area contributed by atoms with Crippen LogP contribution in [0.5, 0.6) is 0 Å². The number of piperidine rings is 1. The Morgan fingerprint density at radius 2 is 2.20 bits per heavy atom. The van der Waals surface area contributed by atoms with Gasteiger partial charge in [-0.1, -0.05) is 18.5 Å². The number of nitrogens with zero attached hydrogens (tertiary/aromatic N) is 4. The molecule has 2 amide bonds. The molecule has 3 fully saturated rings. The summed E-state index contributed by atoms with van der Waals surface area (Å²) < 4.78 is 5.76. The van der Waals surface area contributed by atoms with Crippen molar-refractivity contribution in [3.63, 3.8) is 0 Å². The Balaban J connectivity index is 1.40. The number of carbonyl (C=O) groups is 1. The van der Waals surface area contributed by atoms with E-state index in [-0.39, 0.29) is 23.9 Å². The first-order chi connectivity index (χ1) is 14.4. The minimum Gasteiger partial charge on any atom is -0.423 e. The zero-order valence-electron chi connectivity index (χ0n) is 17.1. The summed E-state index contributed by atoms with van der Waals surface area (Å²) in [5, 5.41) is 21.2. The van der Waals surface area contributed by atoms with Gasteiger partial charge in [-0.05, 0) is 55.4 Å². The van der Waals surface area contributed by atoms with E-state index in [0.29, 0.717) is 28.4 Å². The van der Waals surface area contributed by atoms with E-state index in [1.807, 2.05) is 17.0 Å². The van der Waals surface area contributed by atoms with Gasteiger partial charge >= 0.3 is 6.03 Å². The number of likely N-dealkylation sites (tertiary alicyclic amines) is 1. The number of amides is 2. The van der Waals surface area contributed by atoms with Gasteiger partial charge < -0.3 is 14.6 Å². The molecule has 0 spiro atoms. The van der Waals surface area contributed by atoms with Crippen molar-refractivity contribution in [3.05, 3.63) is 40.6 Å². The van der Waals surface area contributed by atoms with Crippen molar-refractivity contribution in [2.75, 3.05) is 5.32 Å². The van der Waals surface area contributed by atoms with Crippen LogP contribution in [0.2, 0.25) is 5.02 Å². The summed E-state index contributed by atoms with van der Waals surface area (Å²) in [5.41, 5.74) is 1.10. The molecule has 8 heteroatoms. The van der Waals surface area contributed by atoms with Gasteiger partial charge in [0, 0.05) is 36.0 Å². The topological polar surface area (TPSA) is 95.0 Å². The molecule has 0 radical (unpaired) electrons. The molecule has 3 aliphatic rings. The highest BCUT2D eigenvalue weighted by Crippen LogP contribution is 2.55. The van der Waals surface area contributed by atoms with E-state index in [9.17, 15) is 10.1 Å². The van der Waals surface area contributed by atoms with Crippen molar-refractivity contribution < 1.29 is 9.21 Å². The molecule has 2 heterocycles. The highest BCUT2D eigenvalue weighted by molar-refractivity contribution is 6.31. The minimum atomic E-state index is -0.525. The summed E-state index contributed by atoms with van der Waals surface area (Å²) in [6.07, 6.45) is 4.48. The molecule has 1 aromatic carbocycles. The van der Waals surface area contributed by atoms with Gasteiger partial charge in [0.25, 0.3) is 0 Å². The van der Waals surface area contributed by atoms with Gasteiger partial charge in [0.05, 0.1) is 12.0 Å². The molecule has 1 N–H and O–H groups in total. The second kappa shape index (κ2) is 6.98. The number of hydrogen-bond donors (Lipinski definition) is 1. The van der Waals surface area contributed by atoms with Crippen molar-refractivity contribution in [1.29, 1.82) is 5.26 Å². The highest BCUT2D eigenvalue weighted by Gasteiger charge is 2.62. The van der Waals surface area contributed by atoms with Gasteiger partial charge in [-0.2, -0.15) is 5.26 Å². The number of carbonyl (C=O) groups excluding carboxylic acids is 1. The SMILES string of the molecule is Cc1nnc(C23CC(C[C@@H](C)C2)N3C(=O)Nc2ccc(Cl)c(C3CC[C@@H]3C#N)c2)o1. The molecule has 1 aromatic heterocycles. The Hall–Kier alpha value is -2.59. The molecule has 7 nitrogen and oxygen atoms in total. The summed E-state index contributed by atoms with van der Waals surface area (Å²) in [6.45, 7) is 3.97. The van der Waals surface area contributed by atoms with Crippen molar-refractivity contribution >= 4 is 23.3 Å². The summed E-state index contributed by atoms with van der Waals surface area (Å²) in [5.74, 6) is 1.66. The summed E-state index contributed by atoms with van der Waals surface area (Å²) in [6, 6.07) is 7.89. The van der Waals surface area contributed by atoms with Gasteiger partial charge in [0.2, 0.25) is 11.8 Å². The average molecular weight is 426 g/mol. The first-order valence-electron chi connectivity index (χ1n) is 10.5. The van der Waals surface area contributed by atoms with Crippen LogP contribution >= 0.6 is 11.6 Å². The number of halogens is 1. The normalized spacial score (nSPS) is 32.0. The maximum atomic E-state index is 13.3. The highest BCUT2D eigenvalue weighted by atomic mass is 35.5. The molecular formula is C22H24ClN5O2. The predicted octanol–water partition coefficient (Wildman–Crippen LogP) is 4.98. The van der Waals surface area contributed by atoms with Crippen molar-refractivity contribution in [1.82, 2.24) is 15.1 Å². The third kappa shape index (κ3) is 2.89. The first-order valence-corrected chi connectivity index (χ1v) is 10.9. The molecule has 2 aromatic rings. The molecule has 2 bridgehead atoms. The lowest BCUT2D eigenvalue weighted by molar-refractivity contribution is -0.110. The third-order valence-electron chi connectivity index (χ3n) is 6.99. The lowest BCUT2D eigenvalue weighted by Crippen LogP contribution is -2.70. The fraction of sp³-hybridized carbons (Fsp3) is 0.545. The fourth-order valence-corrected chi connectivity index (χ4v) is 5.81. The second-order valence-corrected chi connectivity index (χ2v) is 9.42. The number of anilines is 1. The molecule has 1 aliphatic heterocycles. The van der Waals surface area contributed by atoms with E-state index >= 15 is 0 Å². The van der Waals surface area contributed by atoms with Crippen LogP contribution in [0.15, 0.2) is 22.6 Å². The monoisotopic (exact) mass is 425 g/mol. The fourth-order valence-electron chi connectivity index (χ4n) is 5.55. The Bertz CT molecular complexity index is 1050. The summed E-state index contributed by atoms with van der Waals surface area (Å²) in [7, 11) is 0. The number of fused-ring (bicyclic) bond motifs is 2. The van der Waals surface area contributed by atoms with Crippen LogP contribution in [0.4, 0.5) is 10.5 Å². The number of benzene rings is 1.